The van der Waals surface area contributed by atoms with Gasteiger partial charge in [0.1, 0.15) is 12.2 Å². The predicted octanol–water partition coefficient (Wildman–Crippen LogP) is 5.22. The molecule has 0 aromatic rings. The summed E-state index contributed by atoms with van der Waals surface area (Å²) in [5.74, 6) is 0. The summed E-state index contributed by atoms with van der Waals surface area (Å²) in [5, 5.41) is 0. The number of carbonyl (C=O) groups excluding carboxylic acids is 1. The van der Waals surface area contributed by atoms with E-state index < -0.39 is 6.16 Å². The molecule has 3 heteroatoms. The summed E-state index contributed by atoms with van der Waals surface area (Å²) in [6.45, 7) is 4.90. The molecule has 1 rings (SSSR count). The Morgan fingerprint density at radius 2 is 1.42 bits per heavy atom. The molecule has 1 atom stereocenters. The second kappa shape index (κ2) is 9.22. The molecule has 0 aromatic heterocycles. The smallest absolute Gasteiger partial charge is 0.430 e. The van der Waals surface area contributed by atoms with Crippen molar-refractivity contribution in [2.24, 2.45) is 0 Å². The molecule has 1 fully saturated rings. The van der Waals surface area contributed by atoms with E-state index in [4.69, 9.17) is 9.47 Å². The Kier molecular flexibility index (Phi) is 7.92. The second-order valence-corrected chi connectivity index (χ2v) is 5.80. The molecule has 0 amide bonds. The quantitative estimate of drug-likeness (QED) is 0.381. The van der Waals surface area contributed by atoms with Gasteiger partial charge in [-0.1, -0.05) is 58.8 Å². The van der Waals surface area contributed by atoms with E-state index >= 15 is 0 Å². The average Bonchev–Trinajstić information content (AvgIpc) is 2.77. The Hall–Kier alpha value is -0.730. The molecule has 112 valence electrons. The summed E-state index contributed by atoms with van der Waals surface area (Å²) in [5.41, 5.74) is -0.308. The van der Waals surface area contributed by atoms with E-state index in [1.165, 1.54) is 44.9 Å². The Bertz CT molecular complexity index is 252. The van der Waals surface area contributed by atoms with Gasteiger partial charge in [-0.15, -0.1) is 0 Å². The topological polar surface area (TPSA) is 35.5 Å². The molecule has 1 heterocycles. The minimum absolute atomic E-state index is 0.308. The third-order valence-electron chi connectivity index (χ3n) is 3.97. The molecule has 3 nitrogen and oxygen atoms in total. The highest BCUT2D eigenvalue weighted by Gasteiger charge is 2.41. The first-order chi connectivity index (χ1) is 9.22. The molecule has 1 saturated heterocycles. The van der Waals surface area contributed by atoms with E-state index in [1.54, 1.807) is 0 Å². The van der Waals surface area contributed by atoms with E-state index in [0.29, 0.717) is 6.61 Å². The number of unbranched alkanes of at least 4 members (excludes halogenated alkanes) is 7. The van der Waals surface area contributed by atoms with Gasteiger partial charge in [0.25, 0.3) is 0 Å². The highest BCUT2D eigenvalue weighted by Crippen LogP contribution is 2.32. The van der Waals surface area contributed by atoms with Crippen molar-refractivity contribution < 1.29 is 14.3 Å². The van der Waals surface area contributed by atoms with Crippen molar-refractivity contribution in [2.75, 3.05) is 6.61 Å². The summed E-state index contributed by atoms with van der Waals surface area (Å²) in [6, 6.07) is 0. The van der Waals surface area contributed by atoms with E-state index in [9.17, 15) is 4.79 Å². The maximum Gasteiger partial charge on any atom is 0.509 e. The lowest BCUT2D eigenvalue weighted by Crippen LogP contribution is -2.31. The van der Waals surface area contributed by atoms with Crippen LogP contribution < -0.4 is 0 Å². The Morgan fingerprint density at radius 1 is 0.895 bits per heavy atom. The molecule has 1 aliphatic rings. The normalized spacial score (nSPS) is 22.3. The van der Waals surface area contributed by atoms with Crippen LogP contribution in [0.15, 0.2) is 0 Å². The highest BCUT2D eigenvalue weighted by atomic mass is 16.8. The summed E-state index contributed by atoms with van der Waals surface area (Å²) in [6.07, 6.45) is 12.6. The molecule has 0 bridgehead atoms. The van der Waals surface area contributed by atoms with Crippen LogP contribution in [-0.2, 0) is 9.47 Å². The zero-order valence-corrected chi connectivity index (χ0v) is 12.7. The first-order valence-electron chi connectivity index (χ1n) is 8.08. The summed E-state index contributed by atoms with van der Waals surface area (Å²) in [4.78, 5) is 11.2. The SMILES string of the molecule is CCCCCCCC1(CCCCCC)COC(=O)O1. The van der Waals surface area contributed by atoms with Crippen LogP contribution in [-0.4, -0.2) is 18.4 Å². The molecule has 0 aromatic carbocycles. The van der Waals surface area contributed by atoms with Gasteiger partial charge in [-0.25, -0.2) is 4.79 Å². The lowest BCUT2D eigenvalue weighted by atomic mass is 9.90. The third-order valence-corrected chi connectivity index (χ3v) is 3.97. The number of ether oxygens (including phenoxy) is 2. The second-order valence-electron chi connectivity index (χ2n) is 5.80. The van der Waals surface area contributed by atoms with Crippen LogP contribution >= 0.6 is 0 Å². The predicted molar refractivity (Wildman–Crippen MR) is 77.3 cm³/mol. The molecule has 0 N–H and O–H groups in total. The van der Waals surface area contributed by atoms with Crippen molar-refractivity contribution in [3.63, 3.8) is 0 Å². The molecular weight excluding hydrogens is 240 g/mol. The van der Waals surface area contributed by atoms with Crippen LogP contribution in [0, 0.1) is 0 Å². The molecule has 1 aliphatic heterocycles. The molecule has 0 spiro atoms. The van der Waals surface area contributed by atoms with Crippen LogP contribution in [0.1, 0.15) is 84.5 Å². The first kappa shape index (κ1) is 16.3. The fourth-order valence-corrected chi connectivity index (χ4v) is 2.72. The number of cyclic esters (lactones) is 2. The van der Waals surface area contributed by atoms with Gasteiger partial charge in [0, 0.05) is 0 Å². The Labute approximate surface area is 118 Å². The molecule has 0 radical (unpaired) electrons. The molecular formula is C16H30O3. The van der Waals surface area contributed by atoms with Gasteiger partial charge in [0.2, 0.25) is 0 Å². The minimum atomic E-state index is -0.468. The number of carbonyl (C=O) groups is 1. The van der Waals surface area contributed by atoms with Gasteiger partial charge in [0.15, 0.2) is 0 Å². The monoisotopic (exact) mass is 270 g/mol. The van der Waals surface area contributed by atoms with Crippen LogP contribution in [0.3, 0.4) is 0 Å². The number of hydrogen-bond donors (Lipinski definition) is 0. The van der Waals surface area contributed by atoms with Crippen molar-refractivity contribution in [2.45, 2.75) is 90.1 Å². The summed E-state index contributed by atoms with van der Waals surface area (Å²) >= 11 is 0. The van der Waals surface area contributed by atoms with Crippen LogP contribution in [0.2, 0.25) is 0 Å². The highest BCUT2D eigenvalue weighted by molar-refractivity contribution is 5.62. The summed E-state index contributed by atoms with van der Waals surface area (Å²) in [7, 11) is 0. The third kappa shape index (κ3) is 6.31. The Morgan fingerprint density at radius 3 is 1.89 bits per heavy atom. The van der Waals surface area contributed by atoms with Crippen LogP contribution in [0.25, 0.3) is 0 Å². The van der Waals surface area contributed by atoms with E-state index in [2.05, 4.69) is 13.8 Å². The van der Waals surface area contributed by atoms with Crippen molar-refractivity contribution in [1.29, 1.82) is 0 Å². The van der Waals surface area contributed by atoms with Gasteiger partial charge >= 0.3 is 6.16 Å². The molecule has 1 unspecified atom stereocenters. The molecule has 19 heavy (non-hydrogen) atoms. The number of rotatable bonds is 11. The van der Waals surface area contributed by atoms with Crippen molar-refractivity contribution in [3.8, 4) is 0 Å². The maximum atomic E-state index is 11.2. The lowest BCUT2D eigenvalue weighted by Gasteiger charge is -2.25. The van der Waals surface area contributed by atoms with Gasteiger partial charge in [-0.3, -0.25) is 0 Å². The fraction of sp³-hybridized carbons (Fsp3) is 0.938. The summed E-state index contributed by atoms with van der Waals surface area (Å²) < 4.78 is 10.5. The Balaban J connectivity index is 2.27. The largest absolute Gasteiger partial charge is 0.509 e. The van der Waals surface area contributed by atoms with Crippen LogP contribution in [0.4, 0.5) is 4.79 Å². The van der Waals surface area contributed by atoms with Crippen LogP contribution in [0.5, 0.6) is 0 Å². The van der Waals surface area contributed by atoms with Crippen molar-refractivity contribution in [1.82, 2.24) is 0 Å². The maximum absolute atomic E-state index is 11.2. The number of hydrogen-bond acceptors (Lipinski definition) is 3. The van der Waals surface area contributed by atoms with Gasteiger partial charge in [0.05, 0.1) is 0 Å². The van der Waals surface area contributed by atoms with Crippen molar-refractivity contribution in [3.05, 3.63) is 0 Å². The van der Waals surface area contributed by atoms with Gasteiger partial charge < -0.3 is 9.47 Å². The van der Waals surface area contributed by atoms with E-state index in [-0.39, 0.29) is 5.60 Å². The molecule has 0 saturated carbocycles. The van der Waals surface area contributed by atoms with E-state index in [1.807, 2.05) is 0 Å². The lowest BCUT2D eigenvalue weighted by molar-refractivity contribution is 0.0379. The van der Waals surface area contributed by atoms with Gasteiger partial charge in [-0.2, -0.15) is 0 Å². The zero-order valence-electron chi connectivity index (χ0n) is 12.7. The molecule has 0 aliphatic carbocycles. The van der Waals surface area contributed by atoms with Crippen molar-refractivity contribution >= 4 is 6.16 Å². The minimum Gasteiger partial charge on any atom is -0.430 e. The standard InChI is InChI=1S/C16H30O3/c1-3-5-7-9-11-13-16(12-10-8-6-4-2)14-18-15(17)19-16/h3-14H2,1-2H3. The van der Waals surface area contributed by atoms with Gasteiger partial charge in [-0.05, 0) is 25.7 Å². The average molecular weight is 270 g/mol. The zero-order chi connectivity index (χ0) is 14.0. The first-order valence-corrected chi connectivity index (χ1v) is 8.08. The fourth-order valence-electron chi connectivity index (χ4n) is 2.72. The van der Waals surface area contributed by atoms with E-state index in [0.717, 1.165) is 25.7 Å².